The van der Waals surface area contributed by atoms with E-state index in [9.17, 15) is 9.59 Å². The van der Waals surface area contributed by atoms with Gasteiger partial charge in [-0.3, -0.25) is 9.59 Å². The number of amides is 2. The second-order valence-corrected chi connectivity index (χ2v) is 7.15. The van der Waals surface area contributed by atoms with Crippen molar-refractivity contribution in [1.82, 2.24) is 0 Å². The van der Waals surface area contributed by atoms with E-state index >= 15 is 0 Å². The Morgan fingerprint density at radius 3 is 2.12 bits per heavy atom. The minimum Gasteiger partial charge on any atom is -0.497 e. The smallest absolute Gasteiger partial charge is 0.262 e. The molecular formula is C25H26N2O5. The van der Waals surface area contributed by atoms with Gasteiger partial charge in [-0.25, -0.2) is 0 Å². The SMILES string of the molecule is COc1ccc(NC(=O)COc2ccc(C(=O)Nc3c(C)cccc3C)cc2OC)cc1. The van der Waals surface area contributed by atoms with E-state index in [1.54, 1.807) is 49.6 Å². The average Bonchev–Trinajstić information content (AvgIpc) is 2.80. The molecule has 2 N–H and O–H groups in total. The highest BCUT2D eigenvalue weighted by molar-refractivity contribution is 6.05. The summed E-state index contributed by atoms with van der Waals surface area (Å²) >= 11 is 0. The fraction of sp³-hybridized carbons (Fsp3) is 0.200. The largest absolute Gasteiger partial charge is 0.497 e. The van der Waals surface area contributed by atoms with Crippen LogP contribution < -0.4 is 24.8 Å². The molecule has 3 aromatic carbocycles. The molecule has 32 heavy (non-hydrogen) atoms. The van der Waals surface area contributed by atoms with Crippen molar-refractivity contribution in [3.05, 3.63) is 77.4 Å². The van der Waals surface area contributed by atoms with Crippen molar-refractivity contribution in [1.29, 1.82) is 0 Å². The number of carbonyl (C=O) groups is 2. The zero-order valence-corrected chi connectivity index (χ0v) is 18.5. The Hall–Kier alpha value is -4.00. The third kappa shape index (κ3) is 5.57. The van der Waals surface area contributed by atoms with Crippen molar-refractivity contribution in [2.45, 2.75) is 13.8 Å². The van der Waals surface area contributed by atoms with Gasteiger partial charge in [0.15, 0.2) is 18.1 Å². The fourth-order valence-corrected chi connectivity index (χ4v) is 3.14. The quantitative estimate of drug-likeness (QED) is 0.542. The number of nitrogens with one attached hydrogen (secondary N) is 2. The van der Waals surface area contributed by atoms with Gasteiger partial charge in [0.2, 0.25) is 0 Å². The minimum absolute atomic E-state index is 0.212. The Balaban J connectivity index is 1.64. The van der Waals surface area contributed by atoms with Crippen molar-refractivity contribution in [3.63, 3.8) is 0 Å². The van der Waals surface area contributed by atoms with Gasteiger partial charge in [0.25, 0.3) is 11.8 Å². The van der Waals surface area contributed by atoms with E-state index in [0.29, 0.717) is 28.5 Å². The maximum atomic E-state index is 12.7. The van der Waals surface area contributed by atoms with E-state index in [2.05, 4.69) is 10.6 Å². The molecule has 3 aromatic rings. The van der Waals surface area contributed by atoms with Crippen molar-refractivity contribution < 1.29 is 23.8 Å². The van der Waals surface area contributed by atoms with Gasteiger partial charge in [-0.1, -0.05) is 18.2 Å². The Morgan fingerprint density at radius 2 is 1.50 bits per heavy atom. The van der Waals surface area contributed by atoms with E-state index in [-0.39, 0.29) is 18.4 Å². The molecule has 0 aliphatic rings. The van der Waals surface area contributed by atoms with Crippen LogP contribution in [0.4, 0.5) is 11.4 Å². The van der Waals surface area contributed by atoms with Gasteiger partial charge in [-0.15, -0.1) is 0 Å². The van der Waals surface area contributed by atoms with Gasteiger partial charge in [-0.2, -0.15) is 0 Å². The van der Waals surface area contributed by atoms with Crippen LogP contribution >= 0.6 is 0 Å². The topological polar surface area (TPSA) is 85.9 Å². The fourth-order valence-electron chi connectivity index (χ4n) is 3.14. The molecule has 0 aromatic heterocycles. The summed E-state index contributed by atoms with van der Waals surface area (Å²) in [5.74, 6) is 0.835. The number of ether oxygens (including phenoxy) is 3. The van der Waals surface area contributed by atoms with Gasteiger partial charge in [-0.05, 0) is 67.4 Å². The predicted molar refractivity (Wildman–Crippen MR) is 124 cm³/mol. The Bertz CT molecular complexity index is 1090. The van der Waals surface area contributed by atoms with E-state index < -0.39 is 0 Å². The molecule has 7 nitrogen and oxygen atoms in total. The summed E-state index contributed by atoms with van der Waals surface area (Å²) in [6.45, 7) is 3.67. The first-order valence-electron chi connectivity index (χ1n) is 10.0. The molecule has 3 rings (SSSR count). The lowest BCUT2D eigenvalue weighted by Gasteiger charge is -2.14. The lowest BCUT2D eigenvalue weighted by atomic mass is 10.1. The molecule has 0 fully saturated rings. The maximum Gasteiger partial charge on any atom is 0.262 e. The van der Waals surface area contributed by atoms with Crippen LogP contribution in [0, 0.1) is 13.8 Å². The lowest BCUT2D eigenvalue weighted by Crippen LogP contribution is -2.20. The summed E-state index contributed by atoms with van der Waals surface area (Å²) < 4.78 is 16.1. The number of hydrogen-bond acceptors (Lipinski definition) is 5. The van der Waals surface area contributed by atoms with E-state index in [0.717, 1.165) is 16.8 Å². The molecule has 166 valence electrons. The standard InChI is InChI=1S/C25H26N2O5/c1-16-6-5-7-17(2)24(16)27-25(29)18-8-13-21(22(14-18)31-4)32-15-23(28)26-19-9-11-20(30-3)12-10-19/h5-14H,15H2,1-4H3,(H,26,28)(H,27,29). The summed E-state index contributed by atoms with van der Waals surface area (Å²) in [6, 6.07) is 17.6. The summed E-state index contributed by atoms with van der Waals surface area (Å²) in [5, 5.41) is 5.69. The Labute approximate surface area is 187 Å². The van der Waals surface area contributed by atoms with Crippen molar-refractivity contribution >= 4 is 23.2 Å². The van der Waals surface area contributed by atoms with E-state index in [1.807, 2.05) is 32.0 Å². The predicted octanol–water partition coefficient (Wildman–Crippen LogP) is 4.59. The number of anilines is 2. The van der Waals surface area contributed by atoms with Crippen LogP contribution in [0.1, 0.15) is 21.5 Å². The third-order valence-corrected chi connectivity index (χ3v) is 4.88. The molecule has 0 unspecified atom stereocenters. The number of para-hydroxylation sites is 1. The second-order valence-electron chi connectivity index (χ2n) is 7.15. The van der Waals surface area contributed by atoms with Gasteiger partial charge in [0.1, 0.15) is 5.75 Å². The Morgan fingerprint density at radius 1 is 0.812 bits per heavy atom. The number of hydrogen-bond donors (Lipinski definition) is 2. The summed E-state index contributed by atoms with van der Waals surface area (Å²) in [7, 11) is 3.06. The minimum atomic E-state index is -0.325. The first-order valence-corrected chi connectivity index (χ1v) is 10.0. The first kappa shape index (κ1) is 22.7. The zero-order chi connectivity index (χ0) is 23.1. The molecular weight excluding hydrogens is 408 g/mol. The zero-order valence-electron chi connectivity index (χ0n) is 18.5. The number of carbonyl (C=O) groups excluding carboxylic acids is 2. The normalized spacial score (nSPS) is 10.2. The summed E-state index contributed by atoms with van der Waals surface area (Å²) in [6.07, 6.45) is 0. The molecule has 0 bridgehead atoms. The van der Waals surface area contributed by atoms with Gasteiger partial charge >= 0.3 is 0 Å². The highest BCUT2D eigenvalue weighted by Gasteiger charge is 2.14. The molecule has 0 aliphatic heterocycles. The monoisotopic (exact) mass is 434 g/mol. The number of rotatable bonds is 8. The molecule has 0 heterocycles. The van der Waals surface area contributed by atoms with E-state index in [1.165, 1.54) is 7.11 Å². The Kier molecular flexibility index (Phi) is 7.33. The summed E-state index contributed by atoms with van der Waals surface area (Å²) in [5.41, 5.74) is 3.79. The van der Waals surface area contributed by atoms with Gasteiger partial charge in [0.05, 0.1) is 14.2 Å². The second kappa shape index (κ2) is 10.3. The van der Waals surface area contributed by atoms with E-state index in [4.69, 9.17) is 14.2 Å². The van der Waals surface area contributed by atoms with Crippen molar-refractivity contribution in [2.24, 2.45) is 0 Å². The van der Waals surface area contributed by atoms with Gasteiger partial charge < -0.3 is 24.8 Å². The van der Waals surface area contributed by atoms with Gasteiger partial charge in [0, 0.05) is 16.9 Å². The number of aryl methyl sites for hydroxylation is 2. The van der Waals surface area contributed by atoms with Crippen LogP contribution in [0.15, 0.2) is 60.7 Å². The van der Waals surface area contributed by atoms with Crippen LogP contribution in [0.25, 0.3) is 0 Å². The molecule has 0 saturated heterocycles. The first-order chi connectivity index (χ1) is 15.4. The highest BCUT2D eigenvalue weighted by Crippen LogP contribution is 2.29. The molecule has 0 aliphatic carbocycles. The molecule has 2 amide bonds. The summed E-state index contributed by atoms with van der Waals surface area (Å²) in [4.78, 5) is 24.9. The average molecular weight is 434 g/mol. The van der Waals surface area contributed by atoms with Crippen molar-refractivity contribution in [2.75, 3.05) is 31.5 Å². The van der Waals surface area contributed by atoms with Crippen LogP contribution in [0.5, 0.6) is 17.2 Å². The van der Waals surface area contributed by atoms with Crippen LogP contribution in [0.2, 0.25) is 0 Å². The highest BCUT2D eigenvalue weighted by atomic mass is 16.5. The molecule has 7 heteroatoms. The van der Waals surface area contributed by atoms with Crippen molar-refractivity contribution in [3.8, 4) is 17.2 Å². The molecule has 0 atom stereocenters. The van der Waals surface area contributed by atoms with Crippen LogP contribution in [0.3, 0.4) is 0 Å². The molecule has 0 radical (unpaired) electrons. The number of benzene rings is 3. The molecule has 0 saturated carbocycles. The lowest BCUT2D eigenvalue weighted by molar-refractivity contribution is -0.118. The van der Waals surface area contributed by atoms with Crippen LogP contribution in [-0.4, -0.2) is 32.6 Å². The van der Waals surface area contributed by atoms with Crippen LogP contribution in [-0.2, 0) is 4.79 Å². The number of methoxy groups -OCH3 is 2. The maximum absolute atomic E-state index is 12.7. The molecule has 0 spiro atoms. The third-order valence-electron chi connectivity index (χ3n) is 4.88.